The highest BCUT2D eigenvalue weighted by atomic mass is 19.1. The fourth-order valence-corrected chi connectivity index (χ4v) is 6.39. The predicted molar refractivity (Wildman–Crippen MR) is 169 cm³/mol. The molecule has 10 heteroatoms. The molecule has 1 saturated carbocycles. The molecule has 2 fully saturated rings. The lowest BCUT2D eigenvalue weighted by Gasteiger charge is -2.40. The van der Waals surface area contributed by atoms with Gasteiger partial charge >= 0.3 is 6.09 Å². The SMILES string of the molecule is Cn1ccc([C@H]2CCN(C(=O)OC(C)(C)C)C[C@@H]2C(=O)N(Cc2cn(Cc3cccnc3)c3cccc(F)c23)C2CC2)cc1=O. The summed E-state index contributed by atoms with van der Waals surface area (Å²) in [5.41, 5.74) is 2.44. The van der Waals surface area contributed by atoms with Crippen molar-refractivity contribution in [3.63, 3.8) is 0 Å². The molecule has 0 bridgehead atoms. The Hall–Kier alpha value is -4.47. The summed E-state index contributed by atoms with van der Waals surface area (Å²) in [6.07, 6.45) is 8.96. The predicted octanol–water partition coefficient (Wildman–Crippen LogP) is 5.45. The number of aromatic nitrogens is 3. The zero-order chi connectivity index (χ0) is 31.9. The smallest absolute Gasteiger partial charge is 0.410 e. The van der Waals surface area contributed by atoms with E-state index in [1.54, 1.807) is 42.7 Å². The Kier molecular flexibility index (Phi) is 8.24. The molecule has 1 aromatic carbocycles. The molecular formula is C35H40FN5O4. The van der Waals surface area contributed by atoms with Crippen LogP contribution in [0, 0.1) is 11.7 Å². The molecule has 4 heterocycles. The maximum Gasteiger partial charge on any atom is 0.410 e. The lowest BCUT2D eigenvalue weighted by Crippen LogP contribution is -2.51. The molecule has 1 aliphatic carbocycles. The first-order valence-corrected chi connectivity index (χ1v) is 15.6. The van der Waals surface area contributed by atoms with Gasteiger partial charge in [-0.1, -0.05) is 12.1 Å². The van der Waals surface area contributed by atoms with Gasteiger partial charge in [0.25, 0.3) is 5.56 Å². The number of carbonyl (C=O) groups is 2. The Balaban J connectivity index is 1.34. The Labute approximate surface area is 262 Å². The molecular weight excluding hydrogens is 573 g/mol. The quantitative estimate of drug-likeness (QED) is 0.277. The number of carbonyl (C=O) groups excluding carboxylic acids is 2. The van der Waals surface area contributed by atoms with E-state index >= 15 is 4.39 Å². The number of likely N-dealkylation sites (tertiary alicyclic amines) is 1. The fraction of sp³-hybridized carbons (Fsp3) is 0.429. The van der Waals surface area contributed by atoms with Crippen LogP contribution in [0.25, 0.3) is 10.9 Å². The van der Waals surface area contributed by atoms with Gasteiger partial charge in [-0.2, -0.15) is 0 Å². The molecule has 1 saturated heterocycles. The van der Waals surface area contributed by atoms with Gasteiger partial charge in [-0.3, -0.25) is 14.6 Å². The van der Waals surface area contributed by atoms with Crippen LogP contribution in [0.1, 0.15) is 62.6 Å². The van der Waals surface area contributed by atoms with Crippen LogP contribution >= 0.6 is 0 Å². The minimum absolute atomic E-state index is 0.0298. The van der Waals surface area contributed by atoms with Crippen molar-refractivity contribution in [2.24, 2.45) is 13.0 Å². The van der Waals surface area contributed by atoms with E-state index in [9.17, 15) is 14.4 Å². The molecule has 2 amide bonds. The first-order valence-electron chi connectivity index (χ1n) is 15.6. The van der Waals surface area contributed by atoms with Crippen molar-refractivity contribution >= 4 is 22.9 Å². The maximum absolute atomic E-state index is 15.4. The number of benzene rings is 1. The number of pyridine rings is 2. The molecule has 1 aliphatic heterocycles. The number of hydrogen-bond donors (Lipinski definition) is 0. The van der Waals surface area contributed by atoms with Gasteiger partial charge in [0.1, 0.15) is 11.4 Å². The molecule has 0 unspecified atom stereocenters. The second kappa shape index (κ2) is 12.1. The lowest BCUT2D eigenvalue weighted by atomic mass is 9.79. The Morgan fingerprint density at radius 2 is 1.91 bits per heavy atom. The van der Waals surface area contributed by atoms with Gasteiger partial charge < -0.3 is 23.7 Å². The van der Waals surface area contributed by atoms with Crippen molar-refractivity contribution in [2.75, 3.05) is 13.1 Å². The summed E-state index contributed by atoms with van der Waals surface area (Å²) in [5, 5.41) is 0.502. The van der Waals surface area contributed by atoms with E-state index in [2.05, 4.69) is 4.98 Å². The first kappa shape index (κ1) is 30.6. The Bertz CT molecular complexity index is 1770. The van der Waals surface area contributed by atoms with Crippen LogP contribution in [0.2, 0.25) is 0 Å². The topological polar surface area (TPSA) is 89.7 Å². The summed E-state index contributed by atoms with van der Waals surface area (Å²) >= 11 is 0. The van der Waals surface area contributed by atoms with Gasteiger partial charge in [-0.25, -0.2) is 9.18 Å². The van der Waals surface area contributed by atoms with E-state index in [0.29, 0.717) is 24.9 Å². The molecule has 9 nitrogen and oxygen atoms in total. The van der Waals surface area contributed by atoms with Crippen molar-refractivity contribution in [1.82, 2.24) is 23.9 Å². The van der Waals surface area contributed by atoms with Gasteiger partial charge in [0.05, 0.1) is 11.4 Å². The van der Waals surface area contributed by atoms with E-state index < -0.39 is 17.6 Å². The highest BCUT2D eigenvalue weighted by Gasteiger charge is 2.43. The van der Waals surface area contributed by atoms with Crippen LogP contribution in [0.3, 0.4) is 0 Å². The second-order valence-corrected chi connectivity index (χ2v) is 13.3. The van der Waals surface area contributed by atoms with Crippen molar-refractivity contribution in [2.45, 2.75) is 70.7 Å². The normalized spacial score (nSPS) is 18.6. The summed E-state index contributed by atoms with van der Waals surface area (Å²) < 4.78 is 24.6. The Morgan fingerprint density at radius 1 is 1.11 bits per heavy atom. The monoisotopic (exact) mass is 613 g/mol. The third-order valence-corrected chi connectivity index (χ3v) is 8.76. The van der Waals surface area contributed by atoms with E-state index in [0.717, 1.165) is 35.0 Å². The number of ether oxygens (including phenoxy) is 1. The summed E-state index contributed by atoms with van der Waals surface area (Å²) in [7, 11) is 1.69. The van der Waals surface area contributed by atoms with Crippen LogP contribution in [-0.4, -0.2) is 60.7 Å². The molecule has 0 spiro atoms. The number of nitrogens with zero attached hydrogens (tertiary/aromatic N) is 5. The van der Waals surface area contributed by atoms with E-state index in [4.69, 9.17) is 4.74 Å². The maximum atomic E-state index is 15.4. The summed E-state index contributed by atoms with van der Waals surface area (Å²) in [6, 6.07) is 12.4. The minimum Gasteiger partial charge on any atom is -0.444 e. The molecule has 0 radical (unpaired) electrons. The summed E-state index contributed by atoms with van der Waals surface area (Å²) in [6.45, 7) is 6.80. The van der Waals surface area contributed by atoms with E-state index in [-0.39, 0.29) is 42.3 Å². The minimum atomic E-state index is -0.673. The zero-order valence-electron chi connectivity index (χ0n) is 26.3. The Morgan fingerprint density at radius 3 is 2.60 bits per heavy atom. The van der Waals surface area contributed by atoms with Crippen LogP contribution in [0.15, 0.2) is 72.0 Å². The number of aryl methyl sites for hydroxylation is 1. The van der Waals surface area contributed by atoms with Gasteiger partial charge in [0, 0.05) is 75.5 Å². The van der Waals surface area contributed by atoms with Crippen LogP contribution in [-0.2, 0) is 29.7 Å². The number of hydrogen-bond acceptors (Lipinski definition) is 5. The van der Waals surface area contributed by atoms with Crippen molar-refractivity contribution in [3.8, 4) is 0 Å². The molecule has 2 atom stereocenters. The van der Waals surface area contributed by atoms with E-state index in [1.165, 1.54) is 10.6 Å². The van der Waals surface area contributed by atoms with Crippen LogP contribution in [0.4, 0.5) is 9.18 Å². The fourth-order valence-electron chi connectivity index (χ4n) is 6.39. The molecule has 2 aliphatic rings. The molecule has 6 rings (SSSR count). The largest absolute Gasteiger partial charge is 0.444 e. The molecule has 4 aromatic rings. The molecule has 3 aromatic heterocycles. The highest BCUT2D eigenvalue weighted by molar-refractivity contribution is 5.86. The van der Waals surface area contributed by atoms with Crippen molar-refractivity contribution < 1.29 is 18.7 Å². The lowest BCUT2D eigenvalue weighted by molar-refractivity contribution is -0.139. The zero-order valence-corrected chi connectivity index (χ0v) is 26.3. The third-order valence-electron chi connectivity index (χ3n) is 8.76. The summed E-state index contributed by atoms with van der Waals surface area (Å²) in [5.74, 6) is -1.27. The van der Waals surface area contributed by atoms with Crippen LogP contribution in [0.5, 0.6) is 0 Å². The number of piperidine rings is 1. The second-order valence-electron chi connectivity index (χ2n) is 13.3. The van der Waals surface area contributed by atoms with Crippen LogP contribution < -0.4 is 5.56 Å². The number of rotatable bonds is 7. The number of amides is 2. The van der Waals surface area contributed by atoms with Gasteiger partial charge in [0.15, 0.2) is 0 Å². The molecule has 0 N–H and O–H groups in total. The van der Waals surface area contributed by atoms with Crippen molar-refractivity contribution in [3.05, 3.63) is 100 Å². The van der Waals surface area contributed by atoms with Gasteiger partial charge in [-0.15, -0.1) is 0 Å². The molecule has 236 valence electrons. The standard InChI is InChI=1S/C35H40FN5O4/c1-35(2,3)45-34(44)39-16-13-27(24-12-15-38(4)31(42)17-24)28(22-39)33(43)41(26-10-11-26)21-25-20-40(19-23-7-6-14-37-18-23)30-9-5-8-29(36)32(25)30/h5-9,12,14-15,17-18,20,26-28H,10-11,13,16,19,21-22H2,1-4H3/t27-,28+/m1/s1. The van der Waals surface area contributed by atoms with Gasteiger partial charge in [-0.05, 0) is 86.9 Å². The van der Waals surface area contributed by atoms with Crippen molar-refractivity contribution in [1.29, 1.82) is 0 Å². The summed E-state index contributed by atoms with van der Waals surface area (Å²) in [4.78, 5) is 48.1. The first-order chi connectivity index (χ1) is 21.5. The number of halogens is 1. The average molecular weight is 614 g/mol. The van der Waals surface area contributed by atoms with E-state index in [1.807, 2.05) is 60.7 Å². The average Bonchev–Trinajstić information content (AvgIpc) is 3.79. The molecule has 45 heavy (non-hydrogen) atoms. The van der Waals surface area contributed by atoms with Gasteiger partial charge in [0.2, 0.25) is 5.91 Å². The number of fused-ring (bicyclic) bond motifs is 1. The highest BCUT2D eigenvalue weighted by Crippen LogP contribution is 2.39. The third kappa shape index (κ3) is 6.65.